The quantitative estimate of drug-likeness (QED) is 0.747. The van der Waals surface area contributed by atoms with Crippen LogP contribution in [0, 0.1) is 13.8 Å². The van der Waals surface area contributed by atoms with Gasteiger partial charge in [-0.05, 0) is 25.5 Å². The normalized spacial score (nSPS) is 17.7. The van der Waals surface area contributed by atoms with Crippen molar-refractivity contribution in [3.8, 4) is 11.1 Å². The largest absolute Gasteiger partial charge is 0.364 e. The Hall–Kier alpha value is -3.08. The predicted octanol–water partition coefficient (Wildman–Crippen LogP) is 3.44. The van der Waals surface area contributed by atoms with Crippen LogP contribution in [-0.4, -0.2) is 14.8 Å². The highest BCUT2D eigenvalue weighted by Crippen LogP contribution is 2.48. The molecule has 3 aromatic rings. The molecule has 1 N–H and O–H groups in total. The summed E-state index contributed by atoms with van der Waals surface area (Å²) in [5.74, 6) is 2.83. The van der Waals surface area contributed by atoms with E-state index in [1.165, 1.54) is 22.4 Å². The molecule has 24 heavy (non-hydrogen) atoms. The summed E-state index contributed by atoms with van der Waals surface area (Å²) in [6, 6.07) is 17.1. The molecule has 1 unspecified atom stereocenters. The zero-order chi connectivity index (χ0) is 16.3. The second kappa shape index (κ2) is 4.71. The number of aryl methyl sites for hydroxylation is 2. The number of benzene rings is 2. The first-order chi connectivity index (χ1) is 11.8. The van der Waals surface area contributed by atoms with E-state index in [0.29, 0.717) is 0 Å². The summed E-state index contributed by atoms with van der Waals surface area (Å²) in [6.07, 6.45) is 2.15. The highest BCUT2D eigenvalue weighted by Gasteiger charge is 2.37. The van der Waals surface area contributed by atoms with Crippen molar-refractivity contribution in [2.75, 3.05) is 4.90 Å². The average Bonchev–Trinajstić information content (AvgIpc) is 3.19. The minimum absolute atomic E-state index is 0.0901. The summed E-state index contributed by atoms with van der Waals surface area (Å²) in [4.78, 5) is 2.33. The summed E-state index contributed by atoms with van der Waals surface area (Å²) in [7, 11) is 0. The number of fused-ring (bicyclic) bond motifs is 6. The summed E-state index contributed by atoms with van der Waals surface area (Å²) in [5.41, 5.74) is 5.02. The van der Waals surface area contributed by atoms with Gasteiger partial charge in [-0.15, -0.1) is 10.2 Å². The highest BCUT2D eigenvalue weighted by atomic mass is 15.4. The zero-order valence-corrected chi connectivity index (χ0v) is 13.6. The molecule has 5 nitrogen and oxygen atoms in total. The first-order valence-electron chi connectivity index (χ1n) is 8.08. The Morgan fingerprint density at radius 2 is 1.54 bits per heavy atom. The Labute approximate surface area is 140 Å². The van der Waals surface area contributed by atoms with Crippen molar-refractivity contribution in [1.29, 1.82) is 0 Å². The maximum Gasteiger partial charge on any atom is 0.138 e. The Balaban J connectivity index is 1.75. The van der Waals surface area contributed by atoms with Gasteiger partial charge in [-0.3, -0.25) is 4.57 Å². The predicted molar refractivity (Wildman–Crippen MR) is 94.0 cm³/mol. The van der Waals surface area contributed by atoms with Crippen LogP contribution in [-0.2, 0) is 0 Å². The van der Waals surface area contributed by atoms with E-state index in [0.717, 1.165) is 17.5 Å². The van der Waals surface area contributed by atoms with Crippen LogP contribution in [0.2, 0.25) is 0 Å². The highest BCUT2D eigenvalue weighted by molar-refractivity contribution is 5.90. The molecule has 0 aliphatic carbocycles. The lowest BCUT2D eigenvalue weighted by Crippen LogP contribution is -2.33. The Morgan fingerprint density at radius 1 is 0.875 bits per heavy atom. The Kier molecular flexibility index (Phi) is 2.62. The van der Waals surface area contributed by atoms with Crippen LogP contribution in [0.1, 0.15) is 23.4 Å². The van der Waals surface area contributed by atoms with Crippen LogP contribution in [0.25, 0.3) is 16.9 Å². The lowest BCUT2D eigenvalue weighted by atomic mass is 9.92. The van der Waals surface area contributed by atoms with Gasteiger partial charge in [0.15, 0.2) is 0 Å². The van der Waals surface area contributed by atoms with E-state index >= 15 is 0 Å². The smallest absolute Gasteiger partial charge is 0.138 e. The fourth-order valence-corrected chi connectivity index (χ4v) is 3.79. The minimum Gasteiger partial charge on any atom is -0.364 e. The Bertz CT molecular complexity index is 965. The van der Waals surface area contributed by atoms with Gasteiger partial charge in [-0.1, -0.05) is 42.5 Å². The molecule has 2 aliphatic heterocycles. The lowest BCUT2D eigenvalue weighted by molar-refractivity contribution is 0.658. The van der Waals surface area contributed by atoms with Gasteiger partial charge in [0.25, 0.3) is 0 Å². The number of nitrogens with one attached hydrogen (secondary N) is 1. The minimum atomic E-state index is 0.0901. The van der Waals surface area contributed by atoms with E-state index in [4.69, 9.17) is 0 Å². The average molecular weight is 315 g/mol. The van der Waals surface area contributed by atoms with Crippen molar-refractivity contribution in [3.05, 3.63) is 71.9 Å². The van der Waals surface area contributed by atoms with Crippen molar-refractivity contribution in [2.45, 2.75) is 20.0 Å². The molecular formula is C19H17N5. The van der Waals surface area contributed by atoms with Crippen LogP contribution in [0.5, 0.6) is 0 Å². The fraction of sp³-hybridized carbons (Fsp3) is 0.158. The molecule has 2 aliphatic rings. The maximum absolute atomic E-state index is 4.22. The van der Waals surface area contributed by atoms with Crippen LogP contribution < -0.4 is 10.2 Å². The van der Waals surface area contributed by atoms with Crippen molar-refractivity contribution in [2.24, 2.45) is 0 Å². The van der Waals surface area contributed by atoms with E-state index in [1.54, 1.807) is 0 Å². The SMILES string of the molecule is Cc1nnc(C)n1C1=CNC2c3ccccc3-c3ccccc3N12. The van der Waals surface area contributed by atoms with E-state index < -0.39 is 0 Å². The monoisotopic (exact) mass is 315 g/mol. The van der Waals surface area contributed by atoms with Crippen LogP contribution in [0.4, 0.5) is 5.69 Å². The van der Waals surface area contributed by atoms with E-state index in [2.05, 4.69) is 79.7 Å². The van der Waals surface area contributed by atoms with Gasteiger partial charge in [-0.2, -0.15) is 0 Å². The molecule has 0 amide bonds. The molecular weight excluding hydrogens is 298 g/mol. The summed E-state index contributed by atoms with van der Waals surface area (Å²) in [6.45, 7) is 3.97. The molecule has 0 bridgehead atoms. The molecule has 0 saturated heterocycles. The molecule has 2 aromatic carbocycles. The molecule has 0 fully saturated rings. The van der Waals surface area contributed by atoms with Gasteiger partial charge >= 0.3 is 0 Å². The van der Waals surface area contributed by atoms with Gasteiger partial charge in [0.2, 0.25) is 0 Å². The maximum atomic E-state index is 4.22. The fourth-order valence-electron chi connectivity index (χ4n) is 3.79. The molecule has 5 rings (SSSR count). The van der Waals surface area contributed by atoms with E-state index in [-0.39, 0.29) is 6.17 Å². The topological polar surface area (TPSA) is 46.0 Å². The van der Waals surface area contributed by atoms with Gasteiger partial charge < -0.3 is 10.2 Å². The van der Waals surface area contributed by atoms with Gasteiger partial charge in [-0.25, -0.2) is 0 Å². The first-order valence-corrected chi connectivity index (χ1v) is 8.08. The van der Waals surface area contributed by atoms with Gasteiger partial charge in [0.05, 0.1) is 5.69 Å². The standard InChI is InChI=1S/C19H17N5/c1-12-21-22-13(2)23(12)18-11-20-19-16-9-4-3-7-14(16)15-8-5-6-10-17(15)24(18)19/h3-11,19-20H,1-2H3. The number of hydrogen-bond donors (Lipinski definition) is 1. The van der Waals surface area contributed by atoms with Crippen LogP contribution in [0.3, 0.4) is 0 Å². The number of hydrogen-bond acceptors (Lipinski definition) is 4. The van der Waals surface area contributed by atoms with Gasteiger partial charge in [0, 0.05) is 17.3 Å². The summed E-state index contributed by atoms with van der Waals surface area (Å²) < 4.78 is 2.09. The van der Waals surface area contributed by atoms with Crippen molar-refractivity contribution < 1.29 is 0 Å². The van der Waals surface area contributed by atoms with Crippen molar-refractivity contribution >= 4 is 11.5 Å². The third-order valence-corrected chi connectivity index (χ3v) is 4.80. The first kappa shape index (κ1) is 13.4. The van der Waals surface area contributed by atoms with Gasteiger partial charge in [0.1, 0.15) is 23.6 Å². The molecule has 1 atom stereocenters. The molecule has 1 aromatic heterocycles. The van der Waals surface area contributed by atoms with E-state index in [1.807, 2.05) is 13.8 Å². The number of aromatic nitrogens is 3. The number of nitrogens with zero attached hydrogens (tertiary/aromatic N) is 4. The number of rotatable bonds is 1. The molecule has 5 heteroatoms. The molecule has 0 radical (unpaired) electrons. The zero-order valence-electron chi connectivity index (χ0n) is 13.6. The van der Waals surface area contributed by atoms with Crippen LogP contribution >= 0.6 is 0 Å². The van der Waals surface area contributed by atoms with Crippen LogP contribution in [0.15, 0.2) is 54.7 Å². The third kappa shape index (κ3) is 1.64. The second-order valence-electron chi connectivity index (χ2n) is 6.18. The molecule has 0 spiro atoms. The number of anilines is 1. The third-order valence-electron chi connectivity index (χ3n) is 4.80. The number of para-hydroxylation sites is 1. The van der Waals surface area contributed by atoms with Crippen molar-refractivity contribution in [3.63, 3.8) is 0 Å². The molecule has 3 heterocycles. The lowest BCUT2D eigenvalue weighted by Gasteiger charge is -2.37. The summed E-state index contributed by atoms with van der Waals surface area (Å²) in [5, 5.41) is 12.0. The molecule has 0 saturated carbocycles. The molecule has 118 valence electrons. The second-order valence-corrected chi connectivity index (χ2v) is 6.18. The Morgan fingerprint density at radius 3 is 2.33 bits per heavy atom. The van der Waals surface area contributed by atoms with E-state index in [9.17, 15) is 0 Å². The summed E-state index contributed by atoms with van der Waals surface area (Å²) >= 11 is 0. The van der Waals surface area contributed by atoms with Crippen molar-refractivity contribution in [1.82, 2.24) is 20.1 Å².